The fourth-order valence-corrected chi connectivity index (χ4v) is 18.2. The fraction of sp³-hybridized carbons (Fsp3) is 0.917. The first-order chi connectivity index (χ1) is 38.3. The van der Waals surface area contributed by atoms with E-state index in [4.69, 9.17) is 71.1 Å². The van der Waals surface area contributed by atoms with Crippen molar-refractivity contribution in [3.8, 4) is 0 Å². The van der Waals surface area contributed by atoms with Gasteiger partial charge in [0.1, 0.15) is 36.6 Å². The highest BCUT2D eigenvalue weighted by Gasteiger charge is 2.75. The predicted molar refractivity (Wildman–Crippen MR) is 275 cm³/mol. The molecule has 12 bridgehead atoms. The molecule has 446 valence electrons. The third-order valence-electron chi connectivity index (χ3n) is 22.0. The van der Waals surface area contributed by atoms with Gasteiger partial charge in [0, 0.05) is 63.7 Å². The van der Waals surface area contributed by atoms with Gasteiger partial charge in [0.15, 0.2) is 17.4 Å². The summed E-state index contributed by atoms with van der Waals surface area (Å²) in [6.45, 7) is 17.3. The van der Waals surface area contributed by atoms with Crippen LogP contribution in [0.25, 0.3) is 0 Å². The molecular formula is C60H86O20. The van der Waals surface area contributed by atoms with Crippen molar-refractivity contribution in [2.45, 2.75) is 313 Å². The van der Waals surface area contributed by atoms with Gasteiger partial charge in [-0.25, -0.2) is 0 Å². The molecule has 0 amide bonds. The molecule has 20 nitrogen and oxygen atoms in total. The summed E-state index contributed by atoms with van der Waals surface area (Å²) in [7, 11) is 0. The molecular weight excluding hydrogens is 1040 g/mol. The monoisotopic (exact) mass is 1130 g/mol. The van der Waals surface area contributed by atoms with Gasteiger partial charge in [0.05, 0.1) is 129 Å². The van der Waals surface area contributed by atoms with Crippen LogP contribution in [0.5, 0.6) is 0 Å². The van der Waals surface area contributed by atoms with Crippen molar-refractivity contribution >= 4 is 5.97 Å². The highest BCUT2D eigenvalue weighted by atomic mass is 16.8. The van der Waals surface area contributed by atoms with Crippen LogP contribution in [-0.4, -0.2) is 203 Å². The molecule has 20 heteroatoms. The second kappa shape index (κ2) is 20.2. The molecule has 16 fully saturated rings. The molecule has 0 aromatic heterocycles. The minimum absolute atomic E-state index is 0.0152. The van der Waals surface area contributed by atoms with Gasteiger partial charge in [0.2, 0.25) is 5.79 Å². The van der Waals surface area contributed by atoms with Gasteiger partial charge < -0.3 is 91.5 Å². The van der Waals surface area contributed by atoms with E-state index in [2.05, 4.69) is 40.9 Å². The lowest BCUT2D eigenvalue weighted by Gasteiger charge is -2.50. The van der Waals surface area contributed by atoms with Crippen molar-refractivity contribution in [2.24, 2.45) is 23.7 Å². The van der Waals surface area contributed by atoms with Gasteiger partial charge in [0.25, 0.3) is 0 Å². The maximum Gasteiger partial charge on any atom is 0.308 e. The summed E-state index contributed by atoms with van der Waals surface area (Å²) < 4.78 is 103. The summed E-state index contributed by atoms with van der Waals surface area (Å²) in [6, 6.07) is 0. The minimum Gasteiger partial charge on any atom is -0.459 e. The third-order valence-corrected chi connectivity index (χ3v) is 22.0. The summed E-state index contributed by atoms with van der Waals surface area (Å²) >= 11 is 0. The lowest BCUT2D eigenvalue weighted by Crippen LogP contribution is -2.62. The zero-order chi connectivity index (χ0) is 54.9. The number of esters is 1. The topological polar surface area (TPSA) is 236 Å². The molecule has 0 unspecified atom stereocenters. The Balaban J connectivity index is 0.658. The Labute approximate surface area is 468 Å². The maximum absolute atomic E-state index is 14.6. The number of carbonyl (C=O) groups excluding carboxylic acids is 1. The van der Waals surface area contributed by atoms with Crippen molar-refractivity contribution in [1.82, 2.24) is 0 Å². The van der Waals surface area contributed by atoms with E-state index < -0.39 is 103 Å². The molecule has 0 aromatic carbocycles. The molecule has 0 aliphatic carbocycles. The highest BCUT2D eigenvalue weighted by Crippen LogP contribution is 2.59. The van der Waals surface area contributed by atoms with Gasteiger partial charge in [-0.1, -0.05) is 40.9 Å². The van der Waals surface area contributed by atoms with Crippen molar-refractivity contribution in [1.29, 1.82) is 0 Å². The average Bonchev–Trinajstić information content (AvgIpc) is 4.40. The number of hydrogen-bond acceptors (Lipinski definition) is 20. The number of aliphatic hydroxyl groups excluding tert-OH is 3. The summed E-state index contributed by atoms with van der Waals surface area (Å²) in [5.74, 6) is -4.74. The minimum atomic E-state index is -1.55. The normalized spacial score (nSPS) is 57.6. The first-order valence-electron chi connectivity index (χ1n) is 30.9. The van der Waals surface area contributed by atoms with E-state index in [0.717, 1.165) is 36.8 Å². The average molecular weight is 1130 g/mol. The Kier molecular flexibility index (Phi) is 13.8. The largest absolute Gasteiger partial charge is 0.459 e. The molecule has 16 aliphatic heterocycles. The Bertz CT molecular complexity index is 2400. The molecule has 4 N–H and O–H groups in total. The van der Waals surface area contributed by atoms with Gasteiger partial charge in [-0.2, -0.15) is 0 Å². The molecule has 16 aliphatic rings. The molecule has 32 atom stereocenters. The molecule has 0 saturated carbocycles. The lowest BCUT2D eigenvalue weighted by atomic mass is 9.79. The first-order valence-corrected chi connectivity index (χ1v) is 30.9. The predicted octanol–water partition coefficient (Wildman–Crippen LogP) is 4.25. The van der Waals surface area contributed by atoms with Gasteiger partial charge >= 0.3 is 5.97 Å². The van der Waals surface area contributed by atoms with Crippen molar-refractivity contribution < 1.29 is 96.3 Å². The summed E-state index contributed by atoms with van der Waals surface area (Å²) in [5.41, 5.74) is 2.08. The SMILES string of the molecule is C=C1C[C@@H]2CC[C@@]34C[C@@]5(O)O[C@H]6[C@@H](O3)[C@H]3O[C@H](CC[C@@H]3O[C@H]6[C@H]5O4)CC(=O)O[C@@H]3[C@@H](C)[C@@H]4O[C@@H]5C[C@]6(C[C@@H]7O[C@]8(C[C@H](C)[C@@H]9O[C@H]([C@@H](O)C[C@@H](O)CO)C[C@@H]9O8)C[C@H](C)[C@@H]7O6)O[C@@H]5C[C@@H]4O[C@H]3C[C@H]3O[C@@H](CC[C@@H]1O2)C[C@@H](C)C3=C. The third kappa shape index (κ3) is 9.31. The number of ether oxygens (including phenoxy) is 15. The van der Waals surface area contributed by atoms with Crippen molar-refractivity contribution in [2.75, 3.05) is 6.61 Å². The second-order valence-electron chi connectivity index (χ2n) is 27.8. The van der Waals surface area contributed by atoms with Gasteiger partial charge in [-0.15, -0.1) is 0 Å². The zero-order valence-electron chi connectivity index (χ0n) is 46.8. The Hall–Kier alpha value is -1.77. The number of rotatable bonds is 4. The number of carbonyl (C=O) groups is 1. The number of hydrogen-bond donors (Lipinski definition) is 4. The van der Waals surface area contributed by atoms with E-state index in [1.807, 2.05) is 0 Å². The van der Waals surface area contributed by atoms with Crippen LogP contribution in [0.3, 0.4) is 0 Å². The van der Waals surface area contributed by atoms with Crippen LogP contribution in [0.15, 0.2) is 24.3 Å². The van der Waals surface area contributed by atoms with Crippen LogP contribution in [0.4, 0.5) is 0 Å². The molecule has 16 heterocycles. The first kappa shape index (κ1) is 54.9. The van der Waals surface area contributed by atoms with E-state index >= 15 is 0 Å². The van der Waals surface area contributed by atoms with E-state index in [1.54, 1.807) is 0 Å². The van der Waals surface area contributed by atoms with E-state index in [9.17, 15) is 25.2 Å². The Morgan fingerprint density at radius 1 is 0.550 bits per heavy atom. The van der Waals surface area contributed by atoms with E-state index in [-0.39, 0.29) is 122 Å². The summed E-state index contributed by atoms with van der Waals surface area (Å²) in [6.07, 6.45) is -0.945. The van der Waals surface area contributed by atoms with Crippen molar-refractivity contribution in [3.05, 3.63) is 24.3 Å². The molecule has 0 aromatic rings. The smallest absolute Gasteiger partial charge is 0.308 e. The van der Waals surface area contributed by atoms with Gasteiger partial charge in [-0.3, -0.25) is 4.79 Å². The van der Waals surface area contributed by atoms with Crippen LogP contribution < -0.4 is 0 Å². The zero-order valence-corrected chi connectivity index (χ0v) is 46.8. The second-order valence-corrected chi connectivity index (χ2v) is 27.8. The van der Waals surface area contributed by atoms with Crippen LogP contribution in [-0.2, 0) is 75.8 Å². The molecule has 80 heavy (non-hydrogen) atoms. The Morgan fingerprint density at radius 2 is 1.25 bits per heavy atom. The Morgan fingerprint density at radius 3 is 2.09 bits per heavy atom. The number of fused-ring (bicyclic) bond motifs is 10. The molecule has 0 radical (unpaired) electrons. The van der Waals surface area contributed by atoms with Crippen LogP contribution in [0, 0.1) is 23.7 Å². The molecule has 16 saturated heterocycles. The van der Waals surface area contributed by atoms with E-state index in [1.165, 1.54) is 0 Å². The van der Waals surface area contributed by atoms with Crippen LogP contribution >= 0.6 is 0 Å². The summed E-state index contributed by atoms with van der Waals surface area (Å²) in [4.78, 5) is 14.6. The summed E-state index contributed by atoms with van der Waals surface area (Å²) in [5, 5.41) is 42.3. The maximum atomic E-state index is 14.6. The van der Waals surface area contributed by atoms with E-state index in [0.29, 0.717) is 70.6 Å². The number of aliphatic hydroxyl groups is 4. The van der Waals surface area contributed by atoms with Crippen LogP contribution in [0.1, 0.15) is 143 Å². The van der Waals surface area contributed by atoms with Gasteiger partial charge in [-0.05, 0) is 73.8 Å². The quantitative estimate of drug-likeness (QED) is 0.228. The fourth-order valence-electron chi connectivity index (χ4n) is 18.2. The van der Waals surface area contributed by atoms with Crippen molar-refractivity contribution in [3.63, 3.8) is 0 Å². The van der Waals surface area contributed by atoms with Crippen LogP contribution in [0.2, 0.25) is 0 Å². The highest BCUT2D eigenvalue weighted by molar-refractivity contribution is 5.70. The molecule has 3 spiro atoms. The molecule has 16 rings (SSSR count). The lowest BCUT2D eigenvalue weighted by molar-refractivity contribution is -0.347. The standard InChI is InChI=1S/C60H86O20/c1-26-13-33-7-9-37-27(2)14-35(66-37)11-12-57-25-60(65)56(80-57)55-54(79-60)53(78-57)52-38(70-55)10-8-34(68-52)16-47(64)73-51-31(6)50-43(69-42(51)17-39(67-33)30(26)5)19-41-45(72-50)22-59(74-41)23-46-49(77-59)29(4)21-58(76-46)20-28(3)48-44(75-58)18-40(71-48)36(63)15-32(62)24-61/h26,28-29,31-46,48-56,61-63,65H,2,5,7-25H2,1,3-4,6H3/t26-,28+,29+,31+,32-,33+,34-,35+,36+,37+,38+,39-,40+,41-,42+,43+,44+,45-,46+,48+,49+,50+,51-,52+,53+,54+,55-,56-,57-,58-,59+,60-/m1/s1.